The number of anilines is 1. The third-order valence-corrected chi connectivity index (χ3v) is 4.74. The molecule has 1 aliphatic carbocycles. The summed E-state index contributed by atoms with van der Waals surface area (Å²) < 4.78 is 5.34. The van der Waals surface area contributed by atoms with E-state index in [-0.39, 0.29) is 11.9 Å². The molecule has 0 aliphatic heterocycles. The van der Waals surface area contributed by atoms with Gasteiger partial charge in [-0.2, -0.15) is 0 Å². The number of amides is 1. The maximum Gasteiger partial charge on any atom is 0.282 e. The maximum atomic E-state index is 12.5. The lowest BCUT2D eigenvalue weighted by Crippen LogP contribution is -2.96. The first-order valence-corrected chi connectivity index (χ1v) is 8.90. The summed E-state index contributed by atoms with van der Waals surface area (Å²) in [7, 11) is 1.63. The molecular weight excluding hydrogens is 288 g/mol. The van der Waals surface area contributed by atoms with Gasteiger partial charge in [-0.25, -0.2) is 0 Å². The van der Waals surface area contributed by atoms with Gasteiger partial charge in [0.25, 0.3) is 5.91 Å². The molecule has 0 spiro atoms. The first-order chi connectivity index (χ1) is 11.1. The zero-order valence-electron chi connectivity index (χ0n) is 14.7. The Morgan fingerprint density at radius 1 is 1.22 bits per heavy atom. The van der Waals surface area contributed by atoms with E-state index in [0.717, 1.165) is 11.3 Å². The third kappa shape index (κ3) is 5.54. The van der Waals surface area contributed by atoms with Crippen molar-refractivity contribution in [3.05, 3.63) is 23.8 Å². The van der Waals surface area contributed by atoms with Crippen LogP contribution in [0, 0.1) is 6.92 Å². The lowest BCUT2D eigenvalue weighted by atomic mass is 9.96. The van der Waals surface area contributed by atoms with Gasteiger partial charge in [0.1, 0.15) is 5.75 Å². The van der Waals surface area contributed by atoms with E-state index in [1.807, 2.05) is 32.0 Å². The number of nitrogens with two attached hydrogens (primary N) is 1. The molecule has 4 heteroatoms. The number of nitrogens with one attached hydrogen (secondary N) is 1. The van der Waals surface area contributed by atoms with Crippen molar-refractivity contribution in [3.63, 3.8) is 0 Å². The van der Waals surface area contributed by atoms with Crippen molar-refractivity contribution < 1.29 is 14.8 Å². The van der Waals surface area contributed by atoms with E-state index in [1.165, 1.54) is 44.9 Å². The molecule has 0 aromatic heterocycles. The van der Waals surface area contributed by atoms with Crippen LogP contribution in [-0.2, 0) is 4.79 Å². The van der Waals surface area contributed by atoms with Crippen LogP contribution in [0.5, 0.6) is 5.75 Å². The molecule has 0 heterocycles. The minimum atomic E-state index is -0.0790. The molecule has 1 aliphatic rings. The SMILES string of the molecule is COc1ccc(C)cc1NC(=O)[C@@H](C)[NH2+]C1CCCCCCC1. The first-order valence-electron chi connectivity index (χ1n) is 8.90. The first kappa shape index (κ1) is 17.8. The fourth-order valence-corrected chi connectivity index (χ4v) is 3.34. The zero-order valence-corrected chi connectivity index (χ0v) is 14.7. The fraction of sp³-hybridized carbons (Fsp3) is 0.632. The lowest BCUT2D eigenvalue weighted by Gasteiger charge is -2.22. The van der Waals surface area contributed by atoms with Crippen molar-refractivity contribution in [2.45, 2.75) is 70.9 Å². The number of aryl methyl sites for hydroxylation is 1. The molecule has 0 bridgehead atoms. The van der Waals surface area contributed by atoms with Gasteiger partial charge in [-0.1, -0.05) is 25.3 Å². The lowest BCUT2D eigenvalue weighted by molar-refractivity contribution is -0.707. The maximum absolute atomic E-state index is 12.5. The van der Waals surface area contributed by atoms with E-state index in [1.54, 1.807) is 7.11 Å². The molecule has 4 nitrogen and oxygen atoms in total. The number of benzene rings is 1. The molecule has 0 radical (unpaired) electrons. The molecule has 1 aromatic rings. The predicted molar refractivity (Wildman–Crippen MR) is 93.9 cm³/mol. The van der Waals surface area contributed by atoms with Crippen molar-refractivity contribution >= 4 is 11.6 Å². The number of ether oxygens (including phenoxy) is 1. The minimum absolute atomic E-state index is 0.0518. The van der Waals surface area contributed by atoms with Crippen LogP contribution in [0.25, 0.3) is 0 Å². The number of rotatable bonds is 5. The molecule has 2 rings (SSSR count). The van der Waals surface area contributed by atoms with Crippen LogP contribution in [0.1, 0.15) is 57.4 Å². The summed E-state index contributed by atoms with van der Waals surface area (Å²) >= 11 is 0. The Balaban J connectivity index is 1.92. The highest BCUT2D eigenvalue weighted by atomic mass is 16.5. The fourth-order valence-electron chi connectivity index (χ4n) is 3.34. The topological polar surface area (TPSA) is 54.9 Å². The van der Waals surface area contributed by atoms with E-state index in [9.17, 15) is 4.79 Å². The summed E-state index contributed by atoms with van der Waals surface area (Å²) in [5.41, 5.74) is 1.87. The Kier molecular flexibility index (Phi) is 6.90. The Bertz CT molecular complexity index is 508. The Hall–Kier alpha value is -1.55. The standard InChI is InChI=1S/C19H30N2O2/c1-14-11-12-18(23-3)17(13-14)21-19(22)15(2)20-16-9-7-5-4-6-8-10-16/h11-13,15-16,20H,4-10H2,1-3H3,(H,21,22)/p+1/t15-/m1/s1. The molecule has 0 unspecified atom stereocenters. The normalized spacial score (nSPS) is 17.9. The van der Waals surface area contributed by atoms with Crippen molar-refractivity contribution in [2.24, 2.45) is 0 Å². The predicted octanol–water partition coefficient (Wildman–Crippen LogP) is 3.01. The van der Waals surface area contributed by atoms with Gasteiger partial charge in [-0.05, 0) is 57.2 Å². The van der Waals surface area contributed by atoms with Gasteiger partial charge < -0.3 is 15.4 Å². The van der Waals surface area contributed by atoms with Crippen LogP contribution in [0.4, 0.5) is 5.69 Å². The van der Waals surface area contributed by atoms with E-state index >= 15 is 0 Å². The summed E-state index contributed by atoms with van der Waals surface area (Å²) in [6.45, 7) is 4.01. The molecule has 1 saturated carbocycles. The van der Waals surface area contributed by atoms with Crippen LogP contribution >= 0.6 is 0 Å². The van der Waals surface area contributed by atoms with E-state index < -0.39 is 0 Å². The van der Waals surface area contributed by atoms with E-state index in [0.29, 0.717) is 11.8 Å². The third-order valence-electron chi connectivity index (χ3n) is 4.74. The summed E-state index contributed by atoms with van der Waals surface area (Å²) in [6.07, 6.45) is 9.09. The van der Waals surface area contributed by atoms with Gasteiger partial charge in [0.15, 0.2) is 6.04 Å². The average Bonchev–Trinajstić information content (AvgIpc) is 2.50. The molecular formula is C19H31N2O2+. The van der Waals surface area contributed by atoms with Gasteiger partial charge in [0, 0.05) is 0 Å². The van der Waals surface area contributed by atoms with Crippen LogP contribution in [0.2, 0.25) is 0 Å². The summed E-state index contributed by atoms with van der Waals surface area (Å²) in [5.74, 6) is 0.762. The minimum Gasteiger partial charge on any atom is -0.495 e. The molecule has 1 atom stereocenters. The van der Waals surface area contributed by atoms with Crippen LogP contribution in [-0.4, -0.2) is 25.1 Å². The van der Waals surface area contributed by atoms with Crippen LogP contribution in [0.15, 0.2) is 18.2 Å². The highest BCUT2D eigenvalue weighted by molar-refractivity contribution is 5.95. The number of quaternary nitrogens is 1. The molecule has 3 N–H and O–H groups in total. The van der Waals surface area contributed by atoms with Gasteiger partial charge >= 0.3 is 0 Å². The second kappa shape index (κ2) is 8.92. The van der Waals surface area contributed by atoms with Crippen LogP contribution < -0.4 is 15.4 Å². The zero-order chi connectivity index (χ0) is 16.7. The molecule has 128 valence electrons. The number of carbonyl (C=O) groups is 1. The van der Waals surface area contributed by atoms with Gasteiger partial charge in [0.2, 0.25) is 0 Å². The number of methoxy groups -OCH3 is 1. The Morgan fingerprint density at radius 3 is 2.52 bits per heavy atom. The number of carbonyl (C=O) groups excluding carboxylic acids is 1. The van der Waals surface area contributed by atoms with Crippen molar-refractivity contribution in [1.29, 1.82) is 0 Å². The number of hydrogen-bond acceptors (Lipinski definition) is 2. The monoisotopic (exact) mass is 319 g/mol. The van der Waals surface area contributed by atoms with Crippen molar-refractivity contribution in [2.75, 3.05) is 12.4 Å². The smallest absolute Gasteiger partial charge is 0.282 e. The highest BCUT2D eigenvalue weighted by Gasteiger charge is 2.23. The van der Waals surface area contributed by atoms with Gasteiger partial charge in [-0.15, -0.1) is 0 Å². The summed E-state index contributed by atoms with van der Waals surface area (Å²) in [5, 5.41) is 5.28. The number of hydrogen-bond donors (Lipinski definition) is 2. The average molecular weight is 319 g/mol. The molecule has 0 saturated heterocycles. The van der Waals surface area contributed by atoms with E-state index in [4.69, 9.17) is 4.74 Å². The molecule has 23 heavy (non-hydrogen) atoms. The summed E-state index contributed by atoms with van der Waals surface area (Å²) in [6, 6.07) is 6.34. The van der Waals surface area contributed by atoms with Crippen LogP contribution in [0.3, 0.4) is 0 Å². The molecule has 1 fully saturated rings. The largest absolute Gasteiger partial charge is 0.495 e. The van der Waals surface area contributed by atoms with E-state index in [2.05, 4.69) is 10.6 Å². The molecule has 1 amide bonds. The quantitative estimate of drug-likeness (QED) is 0.876. The summed E-state index contributed by atoms with van der Waals surface area (Å²) in [4.78, 5) is 12.5. The Morgan fingerprint density at radius 2 is 1.87 bits per heavy atom. The van der Waals surface area contributed by atoms with Gasteiger partial charge in [-0.3, -0.25) is 4.79 Å². The van der Waals surface area contributed by atoms with Gasteiger partial charge in [0.05, 0.1) is 18.8 Å². The highest BCUT2D eigenvalue weighted by Crippen LogP contribution is 2.25. The van der Waals surface area contributed by atoms with Crippen molar-refractivity contribution in [1.82, 2.24) is 0 Å². The second-order valence-electron chi connectivity index (χ2n) is 6.78. The second-order valence-corrected chi connectivity index (χ2v) is 6.78. The van der Waals surface area contributed by atoms with Crippen molar-refractivity contribution in [3.8, 4) is 5.75 Å². The Labute approximate surface area is 140 Å². The molecule has 1 aromatic carbocycles.